The molecule has 0 aliphatic heterocycles. The highest BCUT2D eigenvalue weighted by atomic mass is 32.2. The lowest BCUT2D eigenvalue weighted by Crippen LogP contribution is -2.37. The molecule has 0 aromatic rings. The molecule has 0 saturated carbocycles. The highest BCUT2D eigenvalue weighted by Crippen LogP contribution is 1.97. The summed E-state index contributed by atoms with van der Waals surface area (Å²) in [5, 5.41) is 2.86. The Morgan fingerprint density at radius 2 is 2.08 bits per heavy atom. The van der Waals surface area contributed by atoms with Crippen LogP contribution >= 0.6 is 11.8 Å². The number of ether oxygens (including phenoxy) is 1. The van der Waals surface area contributed by atoms with E-state index in [9.17, 15) is 4.79 Å². The van der Waals surface area contributed by atoms with Crippen LogP contribution in [0.4, 0.5) is 0 Å². The largest absolute Gasteiger partial charge is 0.468 e. The Balaban J connectivity index is 0. The second-order valence-corrected chi connectivity index (χ2v) is 2.73. The Kier molecular flexibility index (Phi) is 12.9. The van der Waals surface area contributed by atoms with Gasteiger partial charge in [0.25, 0.3) is 0 Å². The third kappa shape index (κ3) is 6.49. The Hall–Kier alpha value is -0.220. The smallest absolute Gasteiger partial charge is 0.323 e. The Morgan fingerprint density at radius 3 is 2.33 bits per heavy atom. The van der Waals surface area contributed by atoms with E-state index < -0.39 is 0 Å². The van der Waals surface area contributed by atoms with Crippen molar-refractivity contribution in [1.29, 1.82) is 0 Å². The van der Waals surface area contributed by atoms with Gasteiger partial charge in [-0.15, -0.1) is 0 Å². The molecule has 0 heterocycles. The number of nitrogens with one attached hydrogen (secondary N) is 1. The van der Waals surface area contributed by atoms with E-state index in [1.807, 2.05) is 20.1 Å². The van der Waals surface area contributed by atoms with Crippen LogP contribution in [0.1, 0.15) is 13.8 Å². The van der Waals surface area contributed by atoms with E-state index in [1.54, 1.807) is 18.8 Å². The van der Waals surface area contributed by atoms with Gasteiger partial charge in [0, 0.05) is 5.75 Å². The first-order valence-electron chi connectivity index (χ1n) is 4.00. The Bertz CT molecular complexity index is 109. The van der Waals surface area contributed by atoms with E-state index in [2.05, 4.69) is 10.1 Å². The van der Waals surface area contributed by atoms with Crippen molar-refractivity contribution in [3.8, 4) is 0 Å². The van der Waals surface area contributed by atoms with E-state index >= 15 is 0 Å². The summed E-state index contributed by atoms with van der Waals surface area (Å²) in [5.41, 5.74) is 0. The third-order valence-corrected chi connectivity index (χ3v) is 1.83. The van der Waals surface area contributed by atoms with Crippen LogP contribution in [0.5, 0.6) is 0 Å². The minimum absolute atomic E-state index is 0.167. The van der Waals surface area contributed by atoms with Crippen LogP contribution in [-0.2, 0) is 9.53 Å². The lowest BCUT2D eigenvalue weighted by molar-refractivity contribution is -0.142. The summed E-state index contributed by atoms with van der Waals surface area (Å²) in [5.74, 6) is 0.556. The molecule has 0 bridgehead atoms. The Morgan fingerprint density at radius 1 is 1.58 bits per heavy atom. The van der Waals surface area contributed by atoms with E-state index in [0.29, 0.717) is 0 Å². The van der Waals surface area contributed by atoms with Gasteiger partial charge in [0.2, 0.25) is 0 Å². The summed E-state index contributed by atoms with van der Waals surface area (Å²) >= 11 is 1.61. The highest BCUT2D eigenvalue weighted by Gasteiger charge is 2.14. The zero-order valence-corrected chi connectivity index (χ0v) is 9.33. The predicted octanol–water partition coefficient (Wildman–Crippen LogP) is 1.14. The number of esters is 1. The van der Waals surface area contributed by atoms with Crippen molar-refractivity contribution in [3.63, 3.8) is 0 Å². The summed E-state index contributed by atoms with van der Waals surface area (Å²) < 4.78 is 4.54. The average molecular weight is 193 g/mol. The molecular weight excluding hydrogens is 174 g/mol. The Labute approximate surface area is 79.2 Å². The molecule has 0 saturated heterocycles. The fourth-order valence-electron chi connectivity index (χ4n) is 0.578. The van der Waals surface area contributed by atoms with Crippen molar-refractivity contribution >= 4 is 17.7 Å². The van der Waals surface area contributed by atoms with Gasteiger partial charge >= 0.3 is 5.97 Å². The molecule has 12 heavy (non-hydrogen) atoms. The van der Waals surface area contributed by atoms with Crippen LogP contribution in [0.3, 0.4) is 0 Å². The van der Waals surface area contributed by atoms with Crippen LogP contribution in [0.25, 0.3) is 0 Å². The van der Waals surface area contributed by atoms with Crippen LogP contribution in [0.2, 0.25) is 0 Å². The van der Waals surface area contributed by atoms with Crippen LogP contribution < -0.4 is 5.32 Å². The second-order valence-electron chi connectivity index (χ2n) is 1.82. The number of carbonyl (C=O) groups is 1. The summed E-state index contributed by atoms with van der Waals surface area (Å²) in [4.78, 5) is 10.8. The van der Waals surface area contributed by atoms with Crippen molar-refractivity contribution < 1.29 is 9.53 Å². The fraction of sp³-hybridized carbons (Fsp3) is 0.875. The number of methoxy groups -OCH3 is 1. The van der Waals surface area contributed by atoms with Gasteiger partial charge in [0.15, 0.2) is 0 Å². The van der Waals surface area contributed by atoms with Gasteiger partial charge < -0.3 is 10.1 Å². The lowest BCUT2D eigenvalue weighted by Gasteiger charge is -2.10. The molecule has 0 fully saturated rings. The lowest BCUT2D eigenvalue weighted by atomic mass is 10.3. The van der Waals surface area contributed by atoms with Gasteiger partial charge in [-0.1, -0.05) is 13.8 Å². The molecule has 1 unspecified atom stereocenters. The highest BCUT2D eigenvalue weighted by molar-refractivity contribution is 7.98. The normalized spacial score (nSPS) is 11.1. The van der Waals surface area contributed by atoms with E-state index in [-0.39, 0.29) is 12.0 Å². The number of rotatable bonds is 4. The predicted molar refractivity (Wildman–Crippen MR) is 54.6 cm³/mol. The van der Waals surface area contributed by atoms with Crippen molar-refractivity contribution in [3.05, 3.63) is 0 Å². The van der Waals surface area contributed by atoms with Gasteiger partial charge in [0.05, 0.1) is 7.11 Å². The summed E-state index contributed by atoms with van der Waals surface area (Å²) in [6, 6.07) is -0.167. The zero-order valence-electron chi connectivity index (χ0n) is 8.51. The minimum atomic E-state index is -0.197. The fourth-order valence-corrected chi connectivity index (χ4v) is 1.21. The van der Waals surface area contributed by atoms with Crippen LogP contribution in [0.15, 0.2) is 0 Å². The molecular formula is C8H19NO2S. The average Bonchev–Trinajstić information content (AvgIpc) is 2.16. The van der Waals surface area contributed by atoms with Crippen molar-refractivity contribution in [2.45, 2.75) is 19.9 Å². The number of hydrogen-bond acceptors (Lipinski definition) is 4. The maximum absolute atomic E-state index is 10.8. The maximum atomic E-state index is 10.8. The molecule has 0 amide bonds. The molecule has 1 N–H and O–H groups in total. The molecule has 0 aromatic heterocycles. The zero-order chi connectivity index (χ0) is 9.98. The van der Waals surface area contributed by atoms with E-state index in [0.717, 1.165) is 5.75 Å². The first-order chi connectivity index (χ1) is 5.76. The minimum Gasteiger partial charge on any atom is -0.468 e. The number of likely N-dealkylation sites (N-methyl/N-ethyl adjacent to an activating group) is 1. The number of thioether (sulfide) groups is 1. The quantitative estimate of drug-likeness (QED) is 0.679. The molecule has 0 spiro atoms. The topological polar surface area (TPSA) is 38.3 Å². The van der Waals surface area contributed by atoms with Crippen molar-refractivity contribution in [1.82, 2.24) is 5.32 Å². The molecule has 0 aliphatic carbocycles. The standard InChI is InChI=1S/C6H13NO2S.C2H6/c1-7-5(4-10-3)6(8)9-2;1-2/h5,7H,4H2,1-3H3;1-2H3. The molecule has 3 nitrogen and oxygen atoms in total. The molecule has 74 valence electrons. The molecule has 0 aliphatic rings. The molecule has 4 heteroatoms. The van der Waals surface area contributed by atoms with Crippen molar-refractivity contribution in [2.24, 2.45) is 0 Å². The van der Waals surface area contributed by atoms with Crippen LogP contribution in [-0.4, -0.2) is 38.2 Å². The van der Waals surface area contributed by atoms with E-state index in [1.165, 1.54) is 7.11 Å². The van der Waals surface area contributed by atoms with Gasteiger partial charge in [-0.2, -0.15) is 11.8 Å². The maximum Gasteiger partial charge on any atom is 0.323 e. The van der Waals surface area contributed by atoms with Gasteiger partial charge in [0.1, 0.15) is 6.04 Å². The summed E-state index contributed by atoms with van der Waals surface area (Å²) in [6.07, 6.45) is 1.95. The SMILES string of the molecule is CC.CNC(CSC)C(=O)OC. The number of carbonyl (C=O) groups excluding carboxylic acids is 1. The second kappa shape index (κ2) is 10.8. The summed E-state index contributed by atoms with van der Waals surface area (Å²) in [7, 11) is 3.14. The van der Waals surface area contributed by atoms with Gasteiger partial charge in [-0.25, -0.2) is 0 Å². The molecule has 0 radical (unpaired) electrons. The molecule has 1 atom stereocenters. The van der Waals surface area contributed by atoms with Crippen molar-refractivity contribution in [2.75, 3.05) is 26.2 Å². The first kappa shape index (κ1) is 14.3. The third-order valence-electron chi connectivity index (χ3n) is 1.17. The van der Waals surface area contributed by atoms with Gasteiger partial charge in [-0.3, -0.25) is 4.79 Å². The van der Waals surface area contributed by atoms with Crippen LogP contribution in [0, 0.1) is 0 Å². The first-order valence-corrected chi connectivity index (χ1v) is 5.39. The molecule has 0 rings (SSSR count). The molecule has 0 aromatic carbocycles. The van der Waals surface area contributed by atoms with Gasteiger partial charge in [-0.05, 0) is 13.3 Å². The van der Waals surface area contributed by atoms with E-state index in [4.69, 9.17) is 0 Å². The summed E-state index contributed by atoms with van der Waals surface area (Å²) in [6.45, 7) is 4.00. The number of hydrogen-bond donors (Lipinski definition) is 1. The monoisotopic (exact) mass is 193 g/mol.